The highest BCUT2D eigenvalue weighted by atomic mass is 32.1. The SMILES string of the molecule is O=C1CN(CCCS)C(=O)N1. The van der Waals surface area contributed by atoms with E-state index in [1.165, 1.54) is 4.90 Å². The summed E-state index contributed by atoms with van der Waals surface area (Å²) in [6.07, 6.45) is 0.823. The molecule has 1 saturated heterocycles. The van der Waals surface area contributed by atoms with Crippen LogP contribution in [-0.2, 0) is 4.79 Å². The van der Waals surface area contributed by atoms with Crippen LogP contribution in [-0.4, -0.2) is 35.7 Å². The normalized spacial score (nSPS) is 17.4. The molecule has 0 aromatic rings. The topological polar surface area (TPSA) is 49.4 Å². The van der Waals surface area contributed by atoms with E-state index in [4.69, 9.17) is 0 Å². The van der Waals surface area contributed by atoms with Crippen molar-refractivity contribution in [1.29, 1.82) is 0 Å². The van der Waals surface area contributed by atoms with Crippen LogP contribution in [0.2, 0.25) is 0 Å². The molecule has 3 amide bonds. The van der Waals surface area contributed by atoms with E-state index in [-0.39, 0.29) is 18.5 Å². The van der Waals surface area contributed by atoms with Gasteiger partial charge in [0.15, 0.2) is 0 Å². The summed E-state index contributed by atoms with van der Waals surface area (Å²) >= 11 is 4.00. The highest BCUT2D eigenvalue weighted by molar-refractivity contribution is 7.80. The number of imide groups is 1. The molecule has 1 rings (SSSR count). The second kappa shape index (κ2) is 3.61. The summed E-state index contributed by atoms with van der Waals surface area (Å²) in [4.78, 5) is 23.0. The van der Waals surface area contributed by atoms with Crippen molar-refractivity contribution in [1.82, 2.24) is 10.2 Å². The van der Waals surface area contributed by atoms with Crippen LogP contribution in [0, 0.1) is 0 Å². The van der Waals surface area contributed by atoms with Crippen LogP contribution in [0.5, 0.6) is 0 Å². The zero-order chi connectivity index (χ0) is 8.27. The van der Waals surface area contributed by atoms with Crippen molar-refractivity contribution in [3.05, 3.63) is 0 Å². The Morgan fingerprint density at radius 3 is 2.73 bits per heavy atom. The van der Waals surface area contributed by atoms with Gasteiger partial charge in [-0.2, -0.15) is 12.6 Å². The first-order valence-corrected chi connectivity index (χ1v) is 4.07. The molecule has 62 valence electrons. The molecule has 4 nitrogen and oxygen atoms in total. The predicted molar refractivity (Wildman–Crippen MR) is 43.6 cm³/mol. The van der Waals surface area contributed by atoms with E-state index >= 15 is 0 Å². The van der Waals surface area contributed by atoms with E-state index in [2.05, 4.69) is 17.9 Å². The molecule has 0 aromatic heterocycles. The number of nitrogens with zero attached hydrogens (tertiary/aromatic N) is 1. The molecular weight excluding hydrogens is 164 g/mol. The number of nitrogens with one attached hydrogen (secondary N) is 1. The van der Waals surface area contributed by atoms with Gasteiger partial charge in [-0.05, 0) is 12.2 Å². The fraction of sp³-hybridized carbons (Fsp3) is 0.667. The van der Waals surface area contributed by atoms with Crippen molar-refractivity contribution < 1.29 is 9.59 Å². The van der Waals surface area contributed by atoms with Crippen LogP contribution in [0.4, 0.5) is 4.79 Å². The molecule has 1 aliphatic heterocycles. The van der Waals surface area contributed by atoms with Gasteiger partial charge in [-0.25, -0.2) is 4.79 Å². The lowest BCUT2D eigenvalue weighted by Gasteiger charge is -2.10. The lowest BCUT2D eigenvalue weighted by atomic mass is 10.4. The molecule has 0 saturated carbocycles. The van der Waals surface area contributed by atoms with E-state index in [1.807, 2.05) is 0 Å². The van der Waals surface area contributed by atoms with Gasteiger partial charge in [-0.3, -0.25) is 10.1 Å². The molecule has 0 aliphatic carbocycles. The number of carbonyl (C=O) groups excluding carboxylic acids is 2. The molecule has 11 heavy (non-hydrogen) atoms. The lowest BCUT2D eigenvalue weighted by molar-refractivity contribution is -0.118. The number of rotatable bonds is 3. The molecule has 0 spiro atoms. The molecular formula is C6H10N2O2S. The van der Waals surface area contributed by atoms with Gasteiger partial charge in [0.05, 0.1) is 0 Å². The van der Waals surface area contributed by atoms with Crippen LogP contribution >= 0.6 is 12.6 Å². The molecule has 0 aromatic carbocycles. The monoisotopic (exact) mass is 174 g/mol. The van der Waals surface area contributed by atoms with Gasteiger partial charge in [0.25, 0.3) is 0 Å². The largest absolute Gasteiger partial charge is 0.324 e. The van der Waals surface area contributed by atoms with Crippen LogP contribution in [0.1, 0.15) is 6.42 Å². The van der Waals surface area contributed by atoms with Crippen LogP contribution < -0.4 is 5.32 Å². The molecule has 0 radical (unpaired) electrons. The van der Waals surface area contributed by atoms with Gasteiger partial charge in [0.1, 0.15) is 6.54 Å². The quantitative estimate of drug-likeness (QED) is 0.462. The van der Waals surface area contributed by atoms with Crippen molar-refractivity contribution in [2.24, 2.45) is 0 Å². The smallest absolute Gasteiger partial charge is 0.315 e. The van der Waals surface area contributed by atoms with Gasteiger partial charge < -0.3 is 4.90 Å². The first-order chi connectivity index (χ1) is 5.24. The summed E-state index contributed by atoms with van der Waals surface area (Å²) in [6, 6.07) is -0.281. The lowest BCUT2D eigenvalue weighted by Crippen LogP contribution is -2.29. The van der Waals surface area contributed by atoms with E-state index in [1.54, 1.807) is 0 Å². The third kappa shape index (κ3) is 2.11. The third-order valence-electron chi connectivity index (χ3n) is 1.45. The number of thiol groups is 1. The standard InChI is InChI=1S/C6H10N2O2S/c9-5-4-8(2-1-3-11)6(10)7-5/h11H,1-4H2,(H,7,9,10). The fourth-order valence-corrected chi connectivity index (χ4v) is 1.07. The van der Waals surface area contributed by atoms with Crippen LogP contribution in [0.3, 0.4) is 0 Å². The zero-order valence-electron chi connectivity index (χ0n) is 6.04. The molecule has 5 heteroatoms. The number of hydrogen-bond donors (Lipinski definition) is 2. The second-order valence-electron chi connectivity index (χ2n) is 2.35. The number of carbonyl (C=O) groups is 2. The van der Waals surface area contributed by atoms with Gasteiger partial charge in [0.2, 0.25) is 5.91 Å². The Balaban J connectivity index is 2.34. The average molecular weight is 174 g/mol. The van der Waals surface area contributed by atoms with E-state index in [0.29, 0.717) is 6.54 Å². The summed E-state index contributed by atoms with van der Waals surface area (Å²) in [5.41, 5.74) is 0. The van der Waals surface area contributed by atoms with E-state index < -0.39 is 0 Å². The Labute approximate surface area is 70.3 Å². The third-order valence-corrected chi connectivity index (χ3v) is 1.77. The summed E-state index contributed by atoms with van der Waals surface area (Å²) in [6.45, 7) is 0.813. The second-order valence-corrected chi connectivity index (χ2v) is 2.80. The van der Waals surface area contributed by atoms with Gasteiger partial charge in [-0.15, -0.1) is 0 Å². The highest BCUT2D eigenvalue weighted by Crippen LogP contribution is 1.99. The predicted octanol–water partition coefficient (Wildman–Crippen LogP) is -0.142. The van der Waals surface area contributed by atoms with Crippen molar-refractivity contribution in [2.75, 3.05) is 18.8 Å². The maximum Gasteiger partial charge on any atom is 0.324 e. The molecule has 1 N–H and O–H groups in total. The molecule has 0 unspecified atom stereocenters. The minimum atomic E-state index is -0.281. The average Bonchev–Trinajstić information content (AvgIpc) is 2.26. The highest BCUT2D eigenvalue weighted by Gasteiger charge is 2.25. The maximum atomic E-state index is 10.9. The molecule has 0 atom stereocenters. The van der Waals surface area contributed by atoms with Crippen LogP contribution in [0.15, 0.2) is 0 Å². The summed E-state index contributed by atoms with van der Waals surface area (Å²) < 4.78 is 0. The Morgan fingerprint density at radius 1 is 1.55 bits per heavy atom. The van der Waals surface area contributed by atoms with Gasteiger partial charge in [-0.1, -0.05) is 0 Å². The first-order valence-electron chi connectivity index (χ1n) is 3.43. The Kier molecular flexibility index (Phi) is 2.76. The molecule has 0 bridgehead atoms. The number of amides is 3. The maximum absolute atomic E-state index is 10.9. The van der Waals surface area contributed by atoms with Gasteiger partial charge in [0, 0.05) is 6.54 Å². The Morgan fingerprint density at radius 2 is 2.27 bits per heavy atom. The molecule has 1 aliphatic rings. The summed E-state index contributed by atoms with van der Waals surface area (Å²) in [7, 11) is 0. The Hall–Kier alpha value is -0.710. The number of urea groups is 1. The van der Waals surface area contributed by atoms with Crippen molar-refractivity contribution >= 4 is 24.6 Å². The van der Waals surface area contributed by atoms with E-state index in [0.717, 1.165) is 12.2 Å². The summed E-state index contributed by atoms with van der Waals surface area (Å²) in [5.74, 6) is 0.520. The van der Waals surface area contributed by atoms with Crippen molar-refractivity contribution in [3.8, 4) is 0 Å². The van der Waals surface area contributed by atoms with E-state index in [9.17, 15) is 9.59 Å². The fourth-order valence-electron chi connectivity index (χ4n) is 0.925. The molecule has 1 heterocycles. The first kappa shape index (κ1) is 8.39. The number of hydrogen-bond acceptors (Lipinski definition) is 3. The zero-order valence-corrected chi connectivity index (χ0v) is 6.93. The van der Waals surface area contributed by atoms with Gasteiger partial charge >= 0.3 is 6.03 Å². The van der Waals surface area contributed by atoms with Crippen molar-refractivity contribution in [3.63, 3.8) is 0 Å². The van der Waals surface area contributed by atoms with Crippen molar-refractivity contribution in [2.45, 2.75) is 6.42 Å². The summed E-state index contributed by atoms with van der Waals surface area (Å²) in [5, 5.41) is 2.20. The minimum Gasteiger partial charge on any atom is -0.315 e. The molecule has 1 fully saturated rings. The minimum absolute atomic E-state index is 0.201. The Bertz CT molecular complexity index is 183. The van der Waals surface area contributed by atoms with Crippen LogP contribution in [0.25, 0.3) is 0 Å².